The van der Waals surface area contributed by atoms with Gasteiger partial charge in [0.05, 0.1) is 0 Å². The SMILES string of the molecule is O=C(Cc1ccccc1)/C(=C/Cc1ccccc1)c1ccccc1. The van der Waals surface area contributed by atoms with Gasteiger partial charge in [-0.3, -0.25) is 4.79 Å². The van der Waals surface area contributed by atoms with Gasteiger partial charge in [0.15, 0.2) is 5.78 Å². The summed E-state index contributed by atoms with van der Waals surface area (Å²) in [4.78, 5) is 12.9. The first-order valence-electron chi connectivity index (χ1n) is 8.19. The van der Waals surface area contributed by atoms with E-state index in [2.05, 4.69) is 18.2 Å². The summed E-state index contributed by atoms with van der Waals surface area (Å²) in [6.45, 7) is 0. The summed E-state index contributed by atoms with van der Waals surface area (Å²) < 4.78 is 0. The molecule has 3 aromatic rings. The van der Waals surface area contributed by atoms with Crippen molar-refractivity contribution in [1.29, 1.82) is 0 Å². The van der Waals surface area contributed by atoms with Crippen LogP contribution in [0.1, 0.15) is 16.7 Å². The number of Topliss-reactive ketones (excluding diaryl/α,β-unsaturated/α-hetero) is 1. The van der Waals surface area contributed by atoms with Gasteiger partial charge < -0.3 is 0 Å². The summed E-state index contributed by atoms with van der Waals surface area (Å²) in [6, 6.07) is 30.0. The molecular weight excluding hydrogens is 292 g/mol. The van der Waals surface area contributed by atoms with Crippen LogP contribution in [0.4, 0.5) is 0 Å². The number of hydrogen-bond donors (Lipinski definition) is 0. The van der Waals surface area contributed by atoms with Crippen molar-refractivity contribution in [2.24, 2.45) is 0 Å². The van der Waals surface area contributed by atoms with Crippen molar-refractivity contribution in [3.05, 3.63) is 114 Å². The molecule has 1 heteroatoms. The molecule has 0 atom stereocenters. The number of ketones is 1. The first kappa shape index (κ1) is 15.9. The largest absolute Gasteiger partial charge is 0.294 e. The van der Waals surface area contributed by atoms with Gasteiger partial charge in [-0.15, -0.1) is 0 Å². The van der Waals surface area contributed by atoms with Crippen molar-refractivity contribution >= 4 is 11.4 Å². The minimum Gasteiger partial charge on any atom is -0.294 e. The molecule has 0 aliphatic carbocycles. The third-order valence-corrected chi connectivity index (χ3v) is 3.98. The minimum atomic E-state index is 0.156. The molecule has 0 unspecified atom stereocenters. The zero-order valence-corrected chi connectivity index (χ0v) is 13.6. The molecule has 0 aliphatic heterocycles. The van der Waals surface area contributed by atoms with Crippen LogP contribution in [0.2, 0.25) is 0 Å². The third kappa shape index (κ3) is 4.30. The zero-order valence-electron chi connectivity index (χ0n) is 13.6. The van der Waals surface area contributed by atoms with E-state index in [1.165, 1.54) is 5.56 Å². The Labute approximate surface area is 143 Å². The minimum absolute atomic E-state index is 0.156. The highest BCUT2D eigenvalue weighted by molar-refractivity contribution is 6.21. The maximum atomic E-state index is 12.9. The van der Waals surface area contributed by atoms with Gasteiger partial charge in [0.1, 0.15) is 0 Å². The smallest absolute Gasteiger partial charge is 0.167 e. The number of hydrogen-bond acceptors (Lipinski definition) is 1. The normalized spacial score (nSPS) is 11.2. The maximum Gasteiger partial charge on any atom is 0.167 e. The molecule has 0 aromatic heterocycles. The lowest BCUT2D eigenvalue weighted by Crippen LogP contribution is -2.06. The van der Waals surface area contributed by atoms with Crippen LogP contribution in [0.25, 0.3) is 5.57 Å². The van der Waals surface area contributed by atoms with E-state index in [1.807, 2.05) is 78.9 Å². The number of carbonyl (C=O) groups excluding carboxylic acids is 1. The fourth-order valence-corrected chi connectivity index (χ4v) is 2.72. The van der Waals surface area contributed by atoms with Gasteiger partial charge in [0.2, 0.25) is 0 Å². The van der Waals surface area contributed by atoms with Crippen LogP contribution in [0.3, 0.4) is 0 Å². The van der Waals surface area contributed by atoms with E-state index in [0.29, 0.717) is 6.42 Å². The number of rotatable bonds is 6. The van der Waals surface area contributed by atoms with E-state index in [4.69, 9.17) is 0 Å². The Morgan fingerprint density at radius 2 is 1.17 bits per heavy atom. The molecule has 0 heterocycles. The fraction of sp³-hybridized carbons (Fsp3) is 0.0870. The lowest BCUT2D eigenvalue weighted by atomic mass is 9.95. The summed E-state index contributed by atoms with van der Waals surface area (Å²) in [7, 11) is 0. The topological polar surface area (TPSA) is 17.1 Å². The average Bonchev–Trinajstić information content (AvgIpc) is 2.64. The standard InChI is InChI=1S/C23H20O/c24-23(18-20-12-6-2-7-13-20)22(21-14-8-3-9-15-21)17-16-19-10-4-1-5-11-19/h1-15,17H,16,18H2/b22-17+. The van der Waals surface area contributed by atoms with Crippen molar-refractivity contribution in [2.45, 2.75) is 12.8 Å². The molecule has 0 radical (unpaired) electrons. The maximum absolute atomic E-state index is 12.9. The number of benzene rings is 3. The Hall–Kier alpha value is -2.93. The Morgan fingerprint density at radius 3 is 1.75 bits per heavy atom. The molecule has 0 N–H and O–H groups in total. The summed E-state index contributed by atoms with van der Waals surface area (Å²) in [6.07, 6.45) is 3.23. The highest BCUT2D eigenvalue weighted by atomic mass is 16.1. The van der Waals surface area contributed by atoms with Crippen molar-refractivity contribution in [1.82, 2.24) is 0 Å². The molecule has 3 aromatic carbocycles. The molecule has 24 heavy (non-hydrogen) atoms. The molecule has 118 valence electrons. The molecule has 0 fully saturated rings. The van der Waals surface area contributed by atoms with E-state index >= 15 is 0 Å². The molecule has 0 amide bonds. The Morgan fingerprint density at radius 1 is 0.667 bits per heavy atom. The quantitative estimate of drug-likeness (QED) is 0.577. The van der Waals surface area contributed by atoms with Crippen LogP contribution in [0.15, 0.2) is 97.1 Å². The molecule has 3 rings (SSSR count). The third-order valence-electron chi connectivity index (χ3n) is 3.98. The molecule has 1 nitrogen and oxygen atoms in total. The second-order valence-corrected chi connectivity index (χ2v) is 5.76. The van der Waals surface area contributed by atoms with Crippen LogP contribution in [0.5, 0.6) is 0 Å². The zero-order chi connectivity index (χ0) is 16.6. The first-order valence-corrected chi connectivity index (χ1v) is 8.19. The van der Waals surface area contributed by atoms with Gasteiger partial charge in [-0.05, 0) is 23.1 Å². The monoisotopic (exact) mass is 312 g/mol. The molecule has 0 bridgehead atoms. The van der Waals surface area contributed by atoms with Crippen LogP contribution in [0, 0.1) is 0 Å². The van der Waals surface area contributed by atoms with Gasteiger partial charge in [-0.25, -0.2) is 0 Å². The average molecular weight is 312 g/mol. The Bertz CT molecular complexity index is 802. The molecule has 0 saturated heterocycles. The predicted molar refractivity (Wildman–Crippen MR) is 99.7 cm³/mol. The lowest BCUT2D eigenvalue weighted by molar-refractivity contribution is -0.113. The molecule has 0 aliphatic rings. The van der Waals surface area contributed by atoms with E-state index in [-0.39, 0.29) is 5.78 Å². The van der Waals surface area contributed by atoms with Gasteiger partial charge >= 0.3 is 0 Å². The van der Waals surface area contributed by atoms with E-state index in [0.717, 1.165) is 23.1 Å². The molecular formula is C23H20O. The van der Waals surface area contributed by atoms with Crippen LogP contribution >= 0.6 is 0 Å². The van der Waals surface area contributed by atoms with Gasteiger partial charge in [0.25, 0.3) is 0 Å². The molecule has 0 saturated carbocycles. The van der Waals surface area contributed by atoms with Crippen molar-refractivity contribution in [3.8, 4) is 0 Å². The summed E-state index contributed by atoms with van der Waals surface area (Å²) in [5, 5.41) is 0. The number of allylic oxidation sites excluding steroid dienone is 2. The van der Waals surface area contributed by atoms with Gasteiger partial charge in [-0.2, -0.15) is 0 Å². The van der Waals surface area contributed by atoms with Crippen molar-refractivity contribution in [2.75, 3.05) is 0 Å². The summed E-state index contributed by atoms with van der Waals surface area (Å²) in [5.74, 6) is 0.156. The van der Waals surface area contributed by atoms with Gasteiger partial charge in [-0.1, -0.05) is 97.1 Å². The van der Waals surface area contributed by atoms with Crippen molar-refractivity contribution in [3.63, 3.8) is 0 Å². The predicted octanol–water partition coefficient (Wildman–Crippen LogP) is 5.12. The molecule has 0 spiro atoms. The van der Waals surface area contributed by atoms with E-state index in [1.54, 1.807) is 0 Å². The second-order valence-electron chi connectivity index (χ2n) is 5.76. The fourth-order valence-electron chi connectivity index (χ4n) is 2.72. The summed E-state index contributed by atoms with van der Waals surface area (Å²) >= 11 is 0. The van der Waals surface area contributed by atoms with Crippen LogP contribution in [-0.4, -0.2) is 5.78 Å². The first-order chi connectivity index (χ1) is 11.8. The summed E-state index contributed by atoms with van der Waals surface area (Å²) in [5.41, 5.74) is 4.03. The van der Waals surface area contributed by atoms with Crippen LogP contribution in [-0.2, 0) is 17.6 Å². The van der Waals surface area contributed by atoms with Crippen molar-refractivity contribution < 1.29 is 4.79 Å². The van der Waals surface area contributed by atoms with Crippen LogP contribution < -0.4 is 0 Å². The van der Waals surface area contributed by atoms with E-state index < -0.39 is 0 Å². The lowest BCUT2D eigenvalue weighted by Gasteiger charge is -2.08. The van der Waals surface area contributed by atoms with E-state index in [9.17, 15) is 4.79 Å². The highest BCUT2D eigenvalue weighted by Crippen LogP contribution is 2.19. The van der Waals surface area contributed by atoms with Gasteiger partial charge in [0, 0.05) is 12.0 Å². The Kier molecular flexibility index (Phi) is 5.36. The highest BCUT2D eigenvalue weighted by Gasteiger charge is 2.12. The second kappa shape index (κ2) is 8.07. The Balaban J connectivity index is 1.86. The number of carbonyl (C=O) groups is 1.